The van der Waals surface area contributed by atoms with Gasteiger partial charge in [-0.3, -0.25) is 9.78 Å². The Kier molecular flexibility index (Phi) is 8.88. The van der Waals surface area contributed by atoms with Crippen molar-refractivity contribution < 1.29 is 24.1 Å². The standard InChI is InChI=1S/C29H35FN2O4/c1-36-22-10-11-27-24(18-22)23(13-15-31-27)28(33)12-9-20-14-17-32(19-25(20)29(34)35)16-5-8-26(30)21-6-3-2-4-7-21/h2-4,6-7,10-11,13,15,18,20,25-26,28,33H,5,8-9,12,14,16-17,19H2,1H3,(H,34,35)/t20-,25+,26?,28+/m1/s1. The van der Waals surface area contributed by atoms with Crippen LogP contribution in [0.1, 0.15) is 55.5 Å². The second-order valence-corrected chi connectivity index (χ2v) is 9.69. The summed E-state index contributed by atoms with van der Waals surface area (Å²) in [6.07, 6.45) is 2.95. The van der Waals surface area contributed by atoms with Crippen LogP contribution >= 0.6 is 0 Å². The number of likely N-dealkylation sites (tertiary alicyclic amines) is 1. The first-order valence-electron chi connectivity index (χ1n) is 12.7. The minimum atomic E-state index is -0.996. The lowest BCUT2D eigenvalue weighted by molar-refractivity contribution is -0.146. The van der Waals surface area contributed by atoms with Crippen LogP contribution in [-0.4, -0.2) is 52.8 Å². The van der Waals surface area contributed by atoms with E-state index in [1.54, 1.807) is 25.4 Å². The molecular weight excluding hydrogens is 459 g/mol. The number of alkyl halides is 1. The molecule has 0 radical (unpaired) electrons. The highest BCUT2D eigenvalue weighted by molar-refractivity contribution is 5.83. The van der Waals surface area contributed by atoms with Crippen LogP contribution in [0.5, 0.6) is 5.75 Å². The summed E-state index contributed by atoms with van der Waals surface area (Å²) < 4.78 is 19.8. The van der Waals surface area contributed by atoms with Gasteiger partial charge in [0.1, 0.15) is 11.9 Å². The Morgan fingerprint density at radius 2 is 2.00 bits per heavy atom. The zero-order valence-electron chi connectivity index (χ0n) is 20.7. The van der Waals surface area contributed by atoms with E-state index in [9.17, 15) is 19.4 Å². The number of pyridine rings is 1. The summed E-state index contributed by atoms with van der Waals surface area (Å²) in [6, 6.07) is 16.6. The molecule has 0 saturated carbocycles. The van der Waals surface area contributed by atoms with Gasteiger partial charge in [-0.25, -0.2) is 4.39 Å². The Balaban J connectivity index is 1.31. The number of aliphatic hydroxyl groups is 1. The average Bonchev–Trinajstić information content (AvgIpc) is 2.91. The molecule has 1 aliphatic heterocycles. The van der Waals surface area contributed by atoms with E-state index in [1.165, 1.54) is 0 Å². The third-order valence-corrected chi connectivity index (χ3v) is 7.40. The lowest BCUT2D eigenvalue weighted by Crippen LogP contribution is -2.44. The number of methoxy groups -OCH3 is 1. The number of benzene rings is 2. The second-order valence-electron chi connectivity index (χ2n) is 9.69. The van der Waals surface area contributed by atoms with E-state index in [2.05, 4.69) is 9.88 Å². The van der Waals surface area contributed by atoms with Crippen molar-refractivity contribution >= 4 is 16.9 Å². The number of hydrogen-bond donors (Lipinski definition) is 2. The molecule has 3 aromatic rings. The number of hydrogen-bond acceptors (Lipinski definition) is 5. The van der Waals surface area contributed by atoms with Crippen molar-refractivity contribution in [3.8, 4) is 5.75 Å². The van der Waals surface area contributed by atoms with Gasteiger partial charge in [0.15, 0.2) is 0 Å². The van der Waals surface area contributed by atoms with E-state index in [1.807, 2.05) is 42.5 Å². The molecule has 4 atom stereocenters. The third kappa shape index (κ3) is 6.39. The zero-order chi connectivity index (χ0) is 25.5. The van der Waals surface area contributed by atoms with Crippen molar-refractivity contribution in [3.05, 3.63) is 71.9 Å². The highest BCUT2D eigenvalue weighted by atomic mass is 19.1. The van der Waals surface area contributed by atoms with E-state index in [0.717, 1.165) is 29.4 Å². The van der Waals surface area contributed by atoms with Gasteiger partial charge < -0.3 is 19.8 Å². The molecule has 0 spiro atoms. The highest BCUT2D eigenvalue weighted by Crippen LogP contribution is 2.34. The number of ether oxygens (including phenoxy) is 1. The van der Waals surface area contributed by atoms with Crippen LogP contribution < -0.4 is 4.74 Å². The van der Waals surface area contributed by atoms with Crippen molar-refractivity contribution in [1.82, 2.24) is 9.88 Å². The summed E-state index contributed by atoms with van der Waals surface area (Å²) in [6.45, 7) is 1.95. The first-order chi connectivity index (χ1) is 17.5. The third-order valence-electron chi connectivity index (χ3n) is 7.40. The maximum atomic E-state index is 14.5. The fourth-order valence-corrected chi connectivity index (χ4v) is 5.31. The Labute approximate surface area is 211 Å². The number of carboxylic acid groups (broad SMARTS) is 1. The van der Waals surface area contributed by atoms with Crippen molar-refractivity contribution in [2.75, 3.05) is 26.7 Å². The molecule has 6 nitrogen and oxygen atoms in total. The largest absolute Gasteiger partial charge is 0.497 e. The number of carboxylic acids is 1. The number of aliphatic carboxylic acids is 1. The van der Waals surface area contributed by atoms with E-state index in [4.69, 9.17) is 4.74 Å². The van der Waals surface area contributed by atoms with Crippen molar-refractivity contribution in [3.63, 3.8) is 0 Å². The summed E-state index contributed by atoms with van der Waals surface area (Å²) in [5.41, 5.74) is 2.26. The van der Waals surface area contributed by atoms with E-state index >= 15 is 0 Å². The quantitative estimate of drug-likeness (QED) is 0.363. The summed E-state index contributed by atoms with van der Waals surface area (Å²) in [5.74, 6) is -0.596. The summed E-state index contributed by atoms with van der Waals surface area (Å²) in [7, 11) is 1.60. The molecule has 36 heavy (non-hydrogen) atoms. The lowest BCUT2D eigenvalue weighted by Gasteiger charge is -2.37. The minimum Gasteiger partial charge on any atom is -0.497 e. The summed E-state index contributed by atoms with van der Waals surface area (Å²) >= 11 is 0. The first kappa shape index (κ1) is 26.0. The molecule has 1 unspecified atom stereocenters. The van der Waals surface area contributed by atoms with E-state index in [-0.39, 0.29) is 5.92 Å². The number of aromatic nitrogens is 1. The molecule has 2 heterocycles. The first-order valence-corrected chi connectivity index (χ1v) is 12.7. The predicted molar refractivity (Wildman–Crippen MR) is 138 cm³/mol. The van der Waals surface area contributed by atoms with Gasteiger partial charge in [0.2, 0.25) is 0 Å². The van der Waals surface area contributed by atoms with Gasteiger partial charge in [-0.05, 0) is 86.5 Å². The summed E-state index contributed by atoms with van der Waals surface area (Å²) in [4.78, 5) is 18.6. The van der Waals surface area contributed by atoms with Crippen LogP contribution in [0.4, 0.5) is 4.39 Å². The monoisotopic (exact) mass is 494 g/mol. The number of halogens is 1. The second kappa shape index (κ2) is 12.3. The Hall–Kier alpha value is -3.03. The maximum absolute atomic E-state index is 14.5. The topological polar surface area (TPSA) is 82.9 Å². The molecule has 192 valence electrons. The summed E-state index contributed by atoms with van der Waals surface area (Å²) in [5, 5.41) is 21.7. The minimum absolute atomic E-state index is 0.00530. The lowest BCUT2D eigenvalue weighted by atomic mass is 9.81. The SMILES string of the molecule is COc1ccc2nccc([C@@H](O)CC[C@@H]3CCN(CCCC(F)c4ccccc4)C[C@@H]3C(=O)O)c2c1. The zero-order valence-corrected chi connectivity index (χ0v) is 20.7. The van der Waals surface area contributed by atoms with Crippen LogP contribution in [0.25, 0.3) is 10.9 Å². The molecule has 2 aromatic carbocycles. The average molecular weight is 495 g/mol. The van der Waals surface area contributed by atoms with Crippen molar-refractivity contribution in [2.24, 2.45) is 11.8 Å². The molecule has 1 fully saturated rings. The molecule has 7 heteroatoms. The Morgan fingerprint density at radius 3 is 2.75 bits per heavy atom. The fourth-order valence-electron chi connectivity index (χ4n) is 5.31. The normalized spacial score (nSPS) is 20.2. The van der Waals surface area contributed by atoms with Gasteiger partial charge in [0.05, 0.1) is 24.6 Å². The molecule has 2 N–H and O–H groups in total. The smallest absolute Gasteiger partial charge is 0.308 e. The number of carbonyl (C=O) groups is 1. The van der Waals surface area contributed by atoms with Gasteiger partial charge >= 0.3 is 5.97 Å². The number of fused-ring (bicyclic) bond motifs is 1. The van der Waals surface area contributed by atoms with Gasteiger partial charge in [-0.1, -0.05) is 30.3 Å². The number of piperidine rings is 1. The van der Waals surface area contributed by atoms with Gasteiger partial charge in [0.25, 0.3) is 0 Å². The van der Waals surface area contributed by atoms with E-state index in [0.29, 0.717) is 50.1 Å². The molecule has 0 amide bonds. The molecule has 4 rings (SSSR count). The Bertz CT molecular complexity index is 1140. The van der Waals surface area contributed by atoms with Gasteiger partial charge in [-0.2, -0.15) is 0 Å². The van der Waals surface area contributed by atoms with Crippen LogP contribution in [0.15, 0.2) is 60.8 Å². The van der Waals surface area contributed by atoms with Crippen LogP contribution in [0, 0.1) is 11.8 Å². The predicted octanol–water partition coefficient (Wildman–Crippen LogP) is 5.57. The molecular formula is C29H35FN2O4. The van der Waals surface area contributed by atoms with Crippen molar-refractivity contribution in [1.29, 1.82) is 0 Å². The number of rotatable bonds is 11. The molecule has 0 aliphatic carbocycles. The molecule has 1 aromatic heterocycles. The van der Waals surface area contributed by atoms with Crippen LogP contribution in [0.3, 0.4) is 0 Å². The van der Waals surface area contributed by atoms with Gasteiger partial charge in [-0.15, -0.1) is 0 Å². The highest BCUT2D eigenvalue weighted by Gasteiger charge is 2.34. The van der Waals surface area contributed by atoms with Crippen LogP contribution in [-0.2, 0) is 4.79 Å². The Morgan fingerprint density at radius 1 is 1.19 bits per heavy atom. The number of nitrogens with zero attached hydrogens (tertiary/aromatic N) is 2. The number of aliphatic hydroxyl groups excluding tert-OH is 1. The van der Waals surface area contributed by atoms with Gasteiger partial charge in [0, 0.05) is 18.1 Å². The fraction of sp³-hybridized carbons (Fsp3) is 0.448. The molecule has 0 bridgehead atoms. The van der Waals surface area contributed by atoms with Crippen molar-refractivity contribution in [2.45, 2.75) is 44.4 Å². The maximum Gasteiger partial charge on any atom is 0.308 e. The molecule has 1 aliphatic rings. The van der Waals surface area contributed by atoms with Crippen LogP contribution in [0.2, 0.25) is 0 Å². The van der Waals surface area contributed by atoms with E-state index < -0.39 is 24.2 Å². The molecule has 1 saturated heterocycles.